The average Bonchev–Trinajstić information content (AvgIpc) is 2.95. The maximum Gasteiger partial charge on any atom is 0.248 e. The summed E-state index contributed by atoms with van der Waals surface area (Å²) >= 11 is 0. The van der Waals surface area contributed by atoms with Crippen molar-refractivity contribution in [2.24, 2.45) is 0 Å². The second-order valence-electron chi connectivity index (χ2n) is 5.47. The van der Waals surface area contributed by atoms with E-state index in [-0.39, 0.29) is 5.54 Å². The largest absolute Gasteiger partial charge is 0.337 e. The van der Waals surface area contributed by atoms with Gasteiger partial charge in [-0.1, -0.05) is 17.3 Å². The maximum atomic E-state index is 5.12. The van der Waals surface area contributed by atoms with Crippen molar-refractivity contribution in [3.63, 3.8) is 0 Å². The summed E-state index contributed by atoms with van der Waals surface area (Å²) in [5.41, 5.74) is 0.955. The van der Waals surface area contributed by atoms with Gasteiger partial charge >= 0.3 is 0 Å². The normalized spacial score (nSPS) is 12.0. The average molecular weight is 264 g/mol. The van der Waals surface area contributed by atoms with Crippen molar-refractivity contribution in [2.75, 3.05) is 0 Å². The number of nitrogens with zero attached hydrogens (tertiary/aromatic N) is 5. The van der Waals surface area contributed by atoms with Crippen LogP contribution in [0.15, 0.2) is 10.7 Å². The van der Waals surface area contributed by atoms with Crippen LogP contribution < -0.4 is 5.32 Å². The zero-order chi connectivity index (χ0) is 13.9. The molecule has 104 valence electrons. The number of rotatable bonds is 5. The van der Waals surface area contributed by atoms with Gasteiger partial charge in [0.05, 0.1) is 11.9 Å². The van der Waals surface area contributed by atoms with Gasteiger partial charge < -0.3 is 9.84 Å². The maximum absolute atomic E-state index is 5.12. The zero-order valence-electron chi connectivity index (χ0n) is 11.8. The van der Waals surface area contributed by atoms with Crippen molar-refractivity contribution >= 4 is 0 Å². The molecule has 0 radical (unpaired) electrons. The molecule has 0 saturated carbocycles. The molecule has 0 spiro atoms. The van der Waals surface area contributed by atoms with Crippen LogP contribution in [0, 0.1) is 0 Å². The van der Waals surface area contributed by atoms with Gasteiger partial charge in [0.2, 0.25) is 5.89 Å². The molecule has 0 saturated heterocycles. The molecule has 19 heavy (non-hydrogen) atoms. The Morgan fingerprint density at radius 1 is 1.37 bits per heavy atom. The molecule has 7 heteroatoms. The third-order valence-electron chi connectivity index (χ3n) is 2.51. The molecule has 7 nitrogen and oxygen atoms in total. The Bertz CT molecular complexity index is 524. The summed E-state index contributed by atoms with van der Waals surface area (Å²) in [6.07, 6.45) is 2.65. The highest BCUT2D eigenvalue weighted by Gasteiger charge is 2.11. The van der Waals surface area contributed by atoms with E-state index in [0.717, 1.165) is 12.1 Å². The van der Waals surface area contributed by atoms with E-state index in [1.54, 1.807) is 4.68 Å². The molecule has 0 fully saturated rings. The third kappa shape index (κ3) is 4.13. The number of aryl methyl sites for hydroxylation is 1. The lowest BCUT2D eigenvalue weighted by atomic mass is 10.1. The summed E-state index contributed by atoms with van der Waals surface area (Å²) < 4.78 is 6.82. The third-order valence-corrected chi connectivity index (χ3v) is 2.51. The van der Waals surface area contributed by atoms with Crippen molar-refractivity contribution in [1.82, 2.24) is 30.5 Å². The molecule has 0 atom stereocenters. The Balaban J connectivity index is 1.93. The summed E-state index contributed by atoms with van der Waals surface area (Å²) in [7, 11) is 0. The van der Waals surface area contributed by atoms with Crippen molar-refractivity contribution < 1.29 is 4.52 Å². The minimum Gasteiger partial charge on any atom is -0.337 e. The highest BCUT2D eigenvalue weighted by atomic mass is 16.5. The monoisotopic (exact) mass is 264 g/mol. The van der Waals surface area contributed by atoms with Gasteiger partial charge in [0.15, 0.2) is 5.82 Å². The molecule has 0 aliphatic rings. The topological polar surface area (TPSA) is 81.7 Å². The van der Waals surface area contributed by atoms with Crippen molar-refractivity contribution in [1.29, 1.82) is 0 Å². The quantitative estimate of drug-likeness (QED) is 0.872. The molecule has 0 aromatic carbocycles. The van der Waals surface area contributed by atoms with Crippen molar-refractivity contribution in [2.45, 2.75) is 52.7 Å². The van der Waals surface area contributed by atoms with Gasteiger partial charge in [-0.2, -0.15) is 4.98 Å². The van der Waals surface area contributed by atoms with E-state index < -0.39 is 0 Å². The van der Waals surface area contributed by atoms with E-state index in [0.29, 0.717) is 24.8 Å². The first-order valence-corrected chi connectivity index (χ1v) is 6.42. The van der Waals surface area contributed by atoms with Crippen molar-refractivity contribution in [3.8, 4) is 0 Å². The van der Waals surface area contributed by atoms with Gasteiger partial charge in [-0.05, 0) is 20.8 Å². The first-order chi connectivity index (χ1) is 8.96. The number of aromatic nitrogens is 5. The first kappa shape index (κ1) is 13.7. The van der Waals surface area contributed by atoms with Crippen LogP contribution in [0.5, 0.6) is 0 Å². The van der Waals surface area contributed by atoms with Crippen LogP contribution in [0.4, 0.5) is 0 Å². The lowest BCUT2D eigenvalue weighted by Gasteiger charge is -2.19. The van der Waals surface area contributed by atoms with Gasteiger partial charge in [0.1, 0.15) is 6.54 Å². The smallest absolute Gasteiger partial charge is 0.248 e. The van der Waals surface area contributed by atoms with Gasteiger partial charge in [0, 0.05) is 18.5 Å². The number of nitrogens with one attached hydrogen (secondary N) is 1. The van der Waals surface area contributed by atoms with Crippen molar-refractivity contribution in [3.05, 3.63) is 23.6 Å². The number of hydrogen-bond acceptors (Lipinski definition) is 6. The molecule has 0 bridgehead atoms. The SMILES string of the molecule is CCc1noc(Cn2cc(CNC(C)(C)C)nn2)n1. The minimum absolute atomic E-state index is 0.0618. The summed E-state index contributed by atoms with van der Waals surface area (Å²) in [5.74, 6) is 1.27. The first-order valence-electron chi connectivity index (χ1n) is 6.42. The molecule has 2 rings (SSSR count). The van der Waals surface area contributed by atoms with E-state index in [9.17, 15) is 0 Å². The molecular formula is C12H20N6O. The van der Waals surface area contributed by atoms with E-state index >= 15 is 0 Å². The zero-order valence-corrected chi connectivity index (χ0v) is 11.8. The van der Waals surface area contributed by atoms with Gasteiger partial charge in [0.25, 0.3) is 0 Å². The Kier molecular flexibility index (Phi) is 3.94. The molecule has 1 N–H and O–H groups in total. The molecule has 0 unspecified atom stereocenters. The van der Waals surface area contributed by atoms with Crippen LogP contribution in [0.1, 0.15) is 45.1 Å². The summed E-state index contributed by atoms with van der Waals surface area (Å²) in [4.78, 5) is 4.24. The molecule has 0 amide bonds. The lowest BCUT2D eigenvalue weighted by Crippen LogP contribution is -2.35. The fraction of sp³-hybridized carbons (Fsp3) is 0.667. The molecule has 0 aliphatic heterocycles. The van der Waals surface area contributed by atoms with Gasteiger partial charge in [-0.15, -0.1) is 5.10 Å². The Morgan fingerprint density at radius 3 is 2.79 bits per heavy atom. The van der Waals surface area contributed by atoms with Crippen LogP contribution in [0.25, 0.3) is 0 Å². The Labute approximate surface area is 112 Å². The summed E-state index contributed by atoms with van der Waals surface area (Å²) in [6.45, 7) is 9.47. The standard InChI is InChI=1S/C12H20N6O/c1-5-10-14-11(19-16-10)8-18-7-9(15-17-18)6-13-12(2,3)4/h7,13H,5-6,8H2,1-4H3. The molecule has 2 aromatic rings. The van der Waals surface area contributed by atoms with E-state index in [2.05, 4.69) is 46.5 Å². The molecule has 0 aliphatic carbocycles. The van der Waals surface area contributed by atoms with Gasteiger partial charge in [-0.3, -0.25) is 0 Å². The highest BCUT2D eigenvalue weighted by Crippen LogP contribution is 2.04. The van der Waals surface area contributed by atoms with Crippen LogP contribution in [0.2, 0.25) is 0 Å². The second-order valence-corrected chi connectivity index (χ2v) is 5.47. The lowest BCUT2D eigenvalue weighted by molar-refractivity contribution is 0.360. The predicted molar refractivity (Wildman–Crippen MR) is 69.4 cm³/mol. The van der Waals surface area contributed by atoms with E-state index in [1.165, 1.54) is 0 Å². The van der Waals surface area contributed by atoms with Crippen LogP contribution >= 0.6 is 0 Å². The summed E-state index contributed by atoms with van der Waals surface area (Å²) in [6, 6.07) is 0. The molecule has 2 heterocycles. The number of hydrogen-bond donors (Lipinski definition) is 1. The summed E-state index contributed by atoms with van der Waals surface area (Å²) in [5, 5.41) is 15.4. The fourth-order valence-electron chi connectivity index (χ4n) is 1.49. The molecule has 2 aromatic heterocycles. The fourth-order valence-corrected chi connectivity index (χ4v) is 1.49. The minimum atomic E-state index is 0.0618. The van der Waals surface area contributed by atoms with Crippen LogP contribution in [0.3, 0.4) is 0 Å². The molecular weight excluding hydrogens is 244 g/mol. The van der Waals surface area contributed by atoms with Crippen LogP contribution in [-0.2, 0) is 19.5 Å². The van der Waals surface area contributed by atoms with E-state index in [4.69, 9.17) is 4.52 Å². The highest BCUT2D eigenvalue weighted by molar-refractivity contribution is 4.95. The van der Waals surface area contributed by atoms with E-state index in [1.807, 2.05) is 13.1 Å². The Morgan fingerprint density at radius 2 is 2.16 bits per heavy atom. The van der Waals surface area contributed by atoms with Crippen LogP contribution in [-0.4, -0.2) is 30.7 Å². The predicted octanol–water partition coefficient (Wildman–Crippen LogP) is 1.16. The second kappa shape index (κ2) is 5.48. The van der Waals surface area contributed by atoms with Gasteiger partial charge in [-0.25, -0.2) is 4.68 Å². The Hall–Kier alpha value is -1.76.